The molecule has 0 spiro atoms. The van der Waals surface area contributed by atoms with Gasteiger partial charge in [-0.3, -0.25) is 0 Å². The highest BCUT2D eigenvalue weighted by Gasteiger charge is 2.08. The third-order valence-electron chi connectivity index (χ3n) is 3.96. The minimum Gasteiger partial charge on any atom is -0.392 e. The number of hydrogen-bond acceptors (Lipinski definition) is 3. The van der Waals surface area contributed by atoms with Crippen LogP contribution < -0.4 is 0 Å². The molecule has 0 radical (unpaired) electrons. The summed E-state index contributed by atoms with van der Waals surface area (Å²) in [6.45, 7) is 10.2. The van der Waals surface area contributed by atoms with Crippen molar-refractivity contribution in [1.82, 2.24) is 0 Å². The van der Waals surface area contributed by atoms with Crippen molar-refractivity contribution in [3.63, 3.8) is 0 Å². The molecule has 0 aliphatic carbocycles. The molecule has 3 N–H and O–H groups in total. The summed E-state index contributed by atoms with van der Waals surface area (Å²) in [5.41, 5.74) is 4.32. The SMILES string of the molecule is C=C(CC/C=C(\C)CC/C=C(\C)CO)[C@@H](O)CC/C(C)=C/CO. The molecule has 0 aliphatic rings. The predicted molar refractivity (Wildman–Crippen MR) is 98.3 cm³/mol. The van der Waals surface area contributed by atoms with Crippen LogP contribution in [0.4, 0.5) is 0 Å². The molecule has 132 valence electrons. The minimum absolute atomic E-state index is 0.0555. The summed E-state index contributed by atoms with van der Waals surface area (Å²) in [4.78, 5) is 0. The second-order valence-corrected chi connectivity index (χ2v) is 6.28. The standard InChI is InChI=1S/C20H34O3/c1-16(7-5-9-18(3)15-22)8-6-10-19(4)20(23)12-11-17(2)13-14-21/h8-9,13,20-23H,4-7,10-12,14-15H2,1-3H3/b16-8+,17-13+,18-9+/t20-/m0/s1. The number of allylic oxidation sites excluding steroid dienone is 4. The van der Waals surface area contributed by atoms with Gasteiger partial charge in [0, 0.05) is 0 Å². The fourth-order valence-electron chi connectivity index (χ4n) is 2.21. The van der Waals surface area contributed by atoms with Crippen molar-refractivity contribution in [3.05, 3.63) is 47.1 Å². The van der Waals surface area contributed by atoms with Gasteiger partial charge in [-0.15, -0.1) is 0 Å². The molecule has 23 heavy (non-hydrogen) atoms. The first kappa shape index (κ1) is 21.8. The highest BCUT2D eigenvalue weighted by molar-refractivity contribution is 5.08. The Bertz CT molecular complexity index is 430. The summed E-state index contributed by atoms with van der Waals surface area (Å²) < 4.78 is 0. The maximum absolute atomic E-state index is 10.1. The Balaban J connectivity index is 4.03. The molecule has 0 bridgehead atoms. The van der Waals surface area contributed by atoms with E-state index in [9.17, 15) is 5.11 Å². The Hall–Kier alpha value is -1.16. The van der Waals surface area contributed by atoms with Gasteiger partial charge in [0.05, 0.1) is 19.3 Å². The van der Waals surface area contributed by atoms with E-state index in [1.165, 1.54) is 5.57 Å². The van der Waals surface area contributed by atoms with Gasteiger partial charge in [-0.2, -0.15) is 0 Å². The van der Waals surface area contributed by atoms with Crippen LogP contribution in [0.1, 0.15) is 59.3 Å². The summed E-state index contributed by atoms with van der Waals surface area (Å²) in [7, 11) is 0. The molecule has 1 atom stereocenters. The topological polar surface area (TPSA) is 60.7 Å². The summed E-state index contributed by atoms with van der Waals surface area (Å²) >= 11 is 0. The van der Waals surface area contributed by atoms with Crippen molar-refractivity contribution < 1.29 is 15.3 Å². The Labute approximate surface area is 141 Å². The lowest BCUT2D eigenvalue weighted by Gasteiger charge is -2.13. The molecule has 0 aromatic rings. The molecule has 0 amide bonds. The highest BCUT2D eigenvalue weighted by Crippen LogP contribution is 2.17. The summed E-state index contributed by atoms with van der Waals surface area (Å²) in [6.07, 6.45) is 10.7. The smallest absolute Gasteiger partial charge is 0.0750 e. The summed E-state index contributed by atoms with van der Waals surface area (Å²) in [6, 6.07) is 0. The maximum Gasteiger partial charge on any atom is 0.0750 e. The molecule has 0 unspecified atom stereocenters. The molecule has 0 fully saturated rings. The Morgan fingerprint density at radius 1 is 0.870 bits per heavy atom. The van der Waals surface area contributed by atoms with Crippen LogP contribution in [-0.2, 0) is 0 Å². The zero-order valence-corrected chi connectivity index (χ0v) is 15.0. The van der Waals surface area contributed by atoms with Crippen molar-refractivity contribution in [2.45, 2.75) is 65.4 Å². The van der Waals surface area contributed by atoms with Gasteiger partial charge in [0.2, 0.25) is 0 Å². The van der Waals surface area contributed by atoms with Crippen molar-refractivity contribution in [1.29, 1.82) is 0 Å². The van der Waals surface area contributed by atoms with Crippen LogP contribution in [0, 0.1) is 0 Å². The molecule has 0 aromatic heterocycles. The first-order valence-electron chi connectivity index (χ1n) is 8.45. The first-order valence-corrected chi connectivity index (χ1v) is 8.45. The van der Waals surface area contributed by atoms with Gasteiger partial charge in [-0.25, -0.2) is 0 Å². The zero-order valence-electron chi connectivity index (χ0n) is 15.0. The number of rotatable bonds is 12. The minimum atomic E-state index is -0.471. The lowest BCUT2D eigenvalue weighted by molar-refractivity contribution is 0.197. The molecule has 3 heteroatoms. The van der Waals surface area contributed by atoms with Crippen LogP contribution in [0.3, 0.4) is 0 Å². The highest BCUT2D eigenvalue weighted by atomic mass is 16.3. The summed E-state index contributed by atoms with van der Waals surface area (Å²) in [5.74, 6) is 0. The molecule has 3 nitrogen and oxygen atoms in total. The number of aliphatic hydroxyl groups is 3. The van der Waals surface area contributed by atoms with Gasteiger partial charge in [0.15, 0.2) is 0 Å². The van der Waals surface area contributed by atoms with E-state index >= 15 is 0 Å². The lowest BCUT2D eigenvalue weighted by atomic mass is 9.99. The second-order valence-electron chi connectivity index (χ2n) is 6.28. The van der Waals surface area contributed by atoms with E-state index in [0.29, 0.717) is 6.42 Å². The number of aliphatic hydroxyl groups excluding tert-OH is 3. The van der Waals surface area contributed by atoms with Gasteiger partial charge >= 0.3 is 0 Å². The molecule has 0 rings (SSSR count). The molecule has 0 aliphatic heterocycles. The third kappa shape index (κ3) is 12.0. The molecule has 0 saturated carbocycles. The van der Waals surface area contributed by atoms with E-state index in [4.69, 9.17) is 10.2 Å². The zero-order chi connectivity index (χ0) is 17.7. The monoisotopic (exact) mass is 322 g/mol. The average molecular weight is 322 g/mol. The maximum atomic E-state index is 10.1. The van der Waals surface area contributed by atoms with Gasteiger partial charge < -0.3 is 15.3 Å². The van der Waals surface area contributed by atoms with Crippen LogP contribution in [0.15, 0.2) is 47.1 Å². The Morgan fingerprint density at radius 3 is 2.04 bits per heavy atom. The van der Waals surface area contributed by atoms with E-state index in [2.05, 4.69) is 25.7 Å². The van der Waals surface area contributed by atoms with Gasteiger partial charge in [0.25, 0.3) is 0 Å². The Morgan fingerprint density at radius 2 is 1.43 bits per heavy atom. The van der Waals surface area contributed by atoms with E-state index < -0.39 is 6.10 Å². The van der Waals surface area contributed by atoms with E-state index in [1.807, 2.05) is 13.8 Å². The molecular weight excluding hydrogens is 288 g/mol. The van der Waals surface area contributed by atoms with Crippen molar-refractivity contribution >= 4 is 0 Å². The largest absolute Gasteiger partial charge is 0.392 e. The van der Waals surface area contributed by atoms with Gasteiger partial charge in [-0.1, -0.05) is 41.5 Å². The molecule has 0 heterocycles. The van der Waals surface area contributed by atoms with Crippen LogP contribution >= 0.6 is 0 Å². The third-order valence-corrected chi connectivity index (χ3v) is 3.96. The van der Waals surface area contributed by atoms with Crippen LogP contribution in [-0.4, -0.2) is 34.6 Å². The molecule has 0 saturated heterocycles. The van der Waals surface area contributed by atoms with E-state index in [0.717, 1.165) is 48.8 Å². The van der Waals surface area contributed by atoms with Gasteiger partial charge in [0.1, 0.15) is 0 Å². The van der Waals surface area contributed by atoms with E-state index in [1.54, 1.807) is 6.08 Å². The van der Waals surface area contributed by atoms with Crippen molar-refractivity contribution in [3.8, 4) is 0 Å². The fourth-order valence-corrected chi connectivity index (χ4v) is 2.21. The van der Waals surface area contributed by atoms with Crippen LogP contribution in [0.2, 0.25) is 0 Å². The molecule has 0 aromatic carbocycles. The lowest BCUT2D eigenvalue weighted by Crippen LogP contribution is -2.09. The van der Waals surface area contributed by atoms with Crippen LogP contribution in [0.5, 0.6) is 0 Å². The van der Waals surface area contributed by atoms with Crippen LogP contribution in [0.25, 0.3) is 0 Å². The van der Waals surface area contributed by atoms with Crippen molar-refractivity contribution in [2.75, 3.05) is 13.2 Å². The van der Waals surface area contributed by atoms with Crippen molar-refractivity contribution in [2.24, 2.45) is 0 Å². The van der Waals surface area contributed by atoms with E-state index in [-0.39, 0.29) is 13.2 Å². The van der Waals surface area contributed by atoms with Gasteiger partial charge in [-0.05, 0) is 64.9 Å². The molecular formula is C20H34O3. The summed E-state index contributed by atoms with van der Waals surface area (Å²) in [5, 5.41) is 27.8. The fraction of sp³-hybridized carbons (Fsp3) is 0.600. The average Bonchev–Trinajstić information content (AvgIpc) is 2.52. The quantitative estimate of drug-likeness (QED) is 0.475. The normalized spacial score (nSPS) is 15.0. The number of hydrogen-bond donors (Lipinski definition) is 3. The predicted octanol–water partition coefficient (Wildman–Crippen LogP) is 4.07. The first-order chi connectivity index (χ1) is 10.9. The second kappa shape index (κ2) is 13.3. The Kier molecular flexibility index (Phi) is 12.6.